The number of carbonyl (C=O) groups excluding carboxylic acids is 2. The van der Waals surface area contributed by atoms with E-state index in [0.29, 0.717) is 39.4 Å². The molecule has 1 atom stereocenters. The summed E-state index contributed by atoms with van der Waals surface area (Å²) < 4.78 is 17.6. The van der Waals surface area contributed by atoms with Crippen molar-refractivity contribution >= 4 is 34.3 Å². The molecule has 5 rings (SSSR count). The molecule has 184 valence electrons. The number of amides is 1. The first-order valence-corrected chi connectivity index (χ1v) is 12.4. The Labute approximate surface area is 209 Å². The Morgan fingerprint density at radius 3 is 2.63 bits per heavy atom. The zero-order valence-electron chi connectivity index (χ0n) is 20.0. The standard InChI is InChI=1S/C27H29ClN2O5/c1-17-23-21(34-25(17)26(32)29-10-3-11-30-12-14-33-15-13-30)8-9-22-24(23)20(31)16-27(2,35-22)18-4-6-19(28)7-5-18/h4-9H,3,10-16H2,1-2H3,(H,29,32)/t27-/m0/s1. The van der Waals surface area contributed by atoms with Gasteiger partial charge >= 0.3 is 0 Å². The third-order valence-corrected chi connectivity index (χ3v) is 7.12. The maximum Gasteiger partial charge on any atom is 0.287 e. The van der Waals surface area contributed by atoms with Gasteiger partial charge in [0.05, 0.1) is 25.2 Å². The highest BCUT2D eigenvalue weighted by Gasteiger charge is 2.40. The van der Waals surface area contributed by atoms with E-state index < -0.39 is 5.60 Å². The van der Waals surface area contributed by atoms with E-state index in [4.69, 9.17) is 25.5 Å². The van der Waals surface area contributed by atoms with Gasteiger partial charge in [0.2, 0.25) is 0 Å². The molecule has 2 aliphatic rings. The number of rotatable bonds is 6. The molecule has 7 nitrogen and oxygen atoms in total. The van der Waals surface area contributed by atoms with Gasteiger partial charge in [-0.05, 0) is 56.6 Å². The van der Waals surface area contributed by atoms with Crippen LogP contribution < -0.4 is 10.1 Å². The summed E-state index contributed by atoms with van der Waals surface area (Å²) in [5, 5.41) is 4.22. The monoisotopic (exact) mass is 496 g/mol. The lowest BCUT2D eigenvalue weighted by Gasteiger charge is -2.35. The van der Waals surface area contributed by atoms with Crippen LogP contribution in [0.2, 0.25) is 5.02 Å². The molecule has 0 spiro atoms. The van der Waals surface area contributed by atoms with Crippen molar-refractivity contribution in [2.24, 2.45) is 0 Å². The summed E-state index contributed by atoms with van der Waals surface area (Å²) in [7, 11) is 0. The summed E-state index contributed by atoms with van der Waals surface area (Å²) >= 11 is 6.03. The van der Waals surface area contributed by atoms with Crippen LogP contribution in [0.25, 0.3) is 11.0 Å². The third-order valence-electron chi connectivity index (χ3n) is 6.87. The molecule has 3 heterocycles. The lowest BCUT2D eigenvalue weighted by Crippen LogP contribution is -2.38. The fraction of sp³-hybridized carbons (Fsp3) is 0.407. The number of fused-ring (bicyclic) bond motifs is 3. The summed E-state index contributed by atoms with van der Waals surface area (Å²) in [5.74, 6) is 0.409. The van der Waals surface area contributed by atoms with E-state index in [0.717, 1.165) is 44.8 Å². The molecule has 35 heavy (non-hydrogen) atoms. The van der Waals surface area contributed by atoms with Crippen molar-refractivity contribution in [1.29, 1.82) is 0 Å². The van der Waals surface area contributed by atoms with E-state index in [-0.39, 0.29) is 23.9 Å². The molecule has 0 unspecified atom stereocenters. The highest BCUT2D eigenvalue weighted by molar-refractivity contribution is 6.30. The number of hydrogen-bond donors (Lipinski definition) is 1. The van der Waals surface area contributed by atoms with Crippen LogP contribution >= 0.6 is 11.6 Å². The zero-order chi connectivity index (χ0) is 24.6. The van der Waals surface area contributed by atoms with Crippen molar-refractivity contribution in [3.05, 3.63) is 63.9 Å². The number of ketones is 1. The van der Waals surface area contributed by atoms with Gasteiger partial charge in [0.1, 0.15) is 16.9 Å². The normalized spacial score (nSPS) is 20.5. The molecule has 0 aliphatic carbocycles. The van der Waals surface area contributed by atoms with Crippen LogP contribution in [0.3, 0.4) is 0 Å². The summed E-state index contributed by atoms with van der Waals surface area (Å²) in [4.78, 5) is 28.6. The van der Waals surface area contributed by atoms with E-state index in [2.05, 4.69) is 10.2 Å². The number of ether oxygens (including phenoxy) is 2. The van der Waals surface area contributed by atoms with E-state index in [1.54, 1.807) is 24.3 Å². The number of furan rings is 1. The van der Waals surface area contributed by atoms with Gasteiger partial charge < -0.3 is 19.2 Å². The molecule has 1 N–H and O–H groups in total. The number of nitrogens with one attached hydrogen (secondary N) is 1. The fourth-order valence-corrected chi connectivity index (χ4v) is 5.07. The molecule has 3 aromatic rings. The van der Waals surface area contributed by atoms with Gasteiger partial charge in [-0.25, -0.2) is 0 Å². The van der Waals surface area contributed by atoms with Gasteiger partial charge in [-0.1, -0.05) is 23.7 Å². The first kappa shape index (κ1) is 23.9. The SMILES string of the molecule is Cc1c(C(=O)NCCCN2CCOCC2)oc2ccc3c(c12)C(=O)C[C@@](C)(c1ccc(Cl)cc1)O3. The molecule has 1 fully saturated rings. The Hall–Kier alpha value is -2.87. The maximum atomic E-state index is 13.4. The van der Waals surface area contributed by atoms with E-state index in [9.17, 15) is 9.59 Å². The van der Waals surface area contributed by atoms with E-state index in [1.807, 2.05) is 26.0 Å². The van der Waals surface area contributed by atoms with Gasteiger partial charge in [-0.2, -0.15) is 0 Å². The van der Waals surface area contributed by atoms with E-state index in [1.165, 1.54) is 0 Å². The predicted octanol–water partition coefficient (Wildman–Crippen LogP) is 4.73. The molecule has 2 aromatic carbocycles. The molecule has 1 saturated heterocycles. The third kappa shape index (κ3) is 4.68. The summed E-state index contributed by atoms with van der Waals surface area (Å²) in [6.45, 7) is 8.55. The van der Waals surface area contributed by atoms with Crippen LogP contribution in [0, 0.1) is 6.92 Å². The van der Waals surface area contributed by atoms with E-state index >= 15 is 0 Å². The second-order valence-corrected chi connectivity index (χ2v) is 9.81. The minimum Gasteiger partial charge on any atom is -0.482 e. The molecule has 1 amide bonds. The minimum atomic E-state index is -0.805. The average molecular weight is 497 g/mol. The van der Waals surface area contributed by atoms with Crippen molar-refractivity contribution in [2.75, 3.05) is 39.4 Å². The van der Waals surface area contributed by atoms with Crippen LogP contribution in [0.5, 0.6) is 5.75 Å². The number of carbonyl (C=O) groups is 2. The average Bonchev–Trinajstić information content (AvgIpc) is 3.19. The molecular weight excluding hydrogens is 468 g/mol. The molecule has 8 heteroatoms. The molecular formula is C27H29ClN2O5. The fourth-order valence-electron chi connectivity index (χ4n) is 4.95. The molecule has 0 saturated carbocycles. The van der Waals surface area contributed by atoms with Gasteiger partial charge in [-0.15, -0.1) is 0 Å². The number of aryl methyl sites for hydroxylation is 1. The highest BCUT2D eigenvalue weighted by atomic mass is 35.5. The Balaban J connectivity index is 1.34. The summed E-state index contributed by atoms with van der Waals surface area (Å²) in [6.07, 6.45) is 1.02. The van der Waals surface area contributed by atoms with Gasteiger partial charge in [0.15, 0.2) is 11.5 Å². The first-order valence-electron chi connectivity index (χ1n) is 12.0. The quantitative estimate of drug-likeness (QED) is 0.497. The molecule has 0 radical (unpaired) electrons. The number of hydrogen-bond acceptors (Lipinski definition) is 6. The van der Waals surface area contributed by atoms with Crippen LogP contribution in [0.1, 0.15) is 51.8 Å². The molecule has 0 bridgehead atoms. The second kappa shape index (κ2) is 9.64. The predicted molar refractivity (Wildman–Crippen MR) is 134 cm³/mol. The van der Waals surface area contributed by atoms with Crippen molar-refractivity contribution in [3.8, 4) is 5.75 Å². The van der Waals surface area contributed by atoms with Gasteiger partial charge in [-0.3, -0.25) is 14.5 Å². The van der Waals surface area contributed by atoms with Crippen molar-refractivity contribution in [2.45, 2.75) is 32.3 Å². The number of halogens is 1. The van der Waals surface area contributed by atoms with Gasteiger partial charge in [0, 0.05) is 35.6 Å². The van der Waals surface area contributed by atoms with Crippen molar-refractivity contribution in [3.63, 3.8) is 0 Å². The first-order chi connectivity index (χ1) is 16.9. The Morgan fingerprint density at radius 2 is 1.89 bits per heavy atom. The Morgan fingerprint density at radius 1 is 1.14 bits per heavy atom. The summed E-state index contributed by atoms with van der Waals surface area (Å²) in [6, 6.07) is 10.8. The highest BCUT2D eigenvalue weighted by Crippen LogP contribution is 2.44. The topological polar surface area (TPSA) is 81.0 Å². The van der Waals surface area contributed by atoms with Gasteiger partial charge in [0.25, 0.3) is 5.91 Å². The van der Waals surface area contributed by atoms with Crippen LogP contribution in [0.15, 0.2) is 40.8 Å². The lowest BCUT2D eigenvalue weighted by molar-refractivity contribution is 0.0374. The number of nitrogens with zero attached hydrogens (tertiary/aromatic N) is 1. The summed E-state index contributed by atoms with van der Waals surface area (Å²) in [5.41, 5.74) is 1.70. The number of benzene rings is 2. The largest absolute Gasteiger partial charge is 0.482 e. The van der Waals surface area contributed by atoms with Crippen LogP contribution in [-0.4, -0.2) is 56.0 Å². The van der Waals surface area contributed by atoms with Crippen LogP contribution in [0.4, 0.5) is 0 Å². The number of morpholine rings is 1. The van der Waals surface area contributed by atoms with Crippen LogP contribution in [-0.2, 0) is 10.3 Å². The zero-order valence-corrected chi connectivity index (χ0v) is 20.7. The smallest absolute Gasteiger partial charge is 0.287 e. The lowest BCUT2D eigenvalue weighted by atomic mass is 9.84. The van der Waals surface area contributed by atoms with Crippen molar-refractivity contribution in [1.82, 2.24) is 10.2 Å². The Bertz CT molecular complexity index is 1260. The second-order valence-electron chi connectivity index (χ2n) is 9.37. The Kier molecular flexibility index (Phi) is 6.57. The minimum absolute atomic E-state index is 0.0457. The number of Topliss-reactive ketones (excluding diaryl/α,β-unsaturated/α-hetero) is 1. The molecule has 2 aliphatic heterocycles. The van der Waals surface area contributed by atoms with Crippen molar-refractivity contribution < 1.29 is 23.5 Å². The molecule has 1 aromatic heterocycles. The maximum absolute atomic E-state index is 13.4.